The lowest BCUT2D eigenvalue weighted by atomic mass is 10.1. The van der Waals surface area contributed by atoms with Crippen molar-refractivity contribution in [3.05, 3.63) is 41.2 Å². The number of carbonyl (C=O) groups excluding carboxylic acids is 1. The maximum Gasteiger partial charge on any atom is 0.184 e. The van der Waals surface area contributed by atoms with Crippen molar-refractivity contribution in [3.8, 4) is 5.69 Å². The number of nitrogens with zero attached hydrogens (tertiary/aromatic N) is 3. The fraction of sp³-hybridized carbons (Fsp3) is 0.308. The number of halogens is 2. The first-order valence-corrected chi connectivity index (χ1v) is 6.01. The molecule has 0 radical (unpaired) electrons. The molecule has 19 heavy (non-hydrogen) atoms. The summed E-state index contributed by atoms with van der Waals surface area (Å²) < 4.78 is 27.7. The van der Waals surface area contributed by atoms with E-state index in [1.165, 1.54) is 4.68 Å². The van der Waals surface area contributed by atoms with Gasteiger partial charge in [0.2, 0.25) is 0 Å². The van der Waals surface area contributed by atoms with E-state index in [9.17, 15) is 13.6 Å². The van der Waals surface area contributed by atoms with Gasteiger partial charge in [0.05, 0.1) is 11.4 Å². The molecule has 0 bridgehead atoms. The Hall–Kier alpha value is -2.11. The molecule has 0 amide bonds. The number of aromatic nitrogens is 3. The van der Waals surface area contributed by atoms with Crippen molar-refractivity contribution < 1.29 is 13.6 Å². The molecule has 2 aromatic rings. The third-order valence-electron chi connectivity index (χ3n) is 2.78. The molecule has 0 aliphatic carbocycles. The second-order valence-electron chi connectivity index (χ2n) is 4.05. The standard InChI is InChI=1S/C13H13F2N3O/c1-3-11-13(12(19)4-2)16-17-18(11)10-6-8(14)5-9(15)7-10/h5-7H,3-4H2,1-2H3. The van der Waals surface area contributed by atoms with Crippen molar-refractivity contribution in [3.63, 3.8) is 0 Å². The molecule has 0 atom stereocenters. The Morgan fingerprint density at radius 1 is 1.21 bits per heavy atom. The average Bonchev–Trinajstić information content (AvgIpc) is 2.80. The first-order valence-electron chi connectivity index (χ1n) is 6.01. The van der Waals surface area contributed by atoms with Crippen molar-refractivity contribution in [2.75, 3.05) is 0 Å². The Labute approximate surface area is 109 Å². The third kappa shape index (κ3) is 2.52. The zero-order chi connectivity index (χ0) is 14.0. The van der Waals surface area contributed by atoms with Crippen LogP contribution in [0.3, 0.4) is 0 Å². The maximum atomic E-state index is 13.2. The molecular weight excluding hydrogens is 252 g/mol. The minimum absolute atomic E-state index is 0.139. The summed E-state index contributed by atoms with van der Waals surface area (Å²) in [6, 6.07) is 3.08. The van der Waals surface area contributed by atoms with Gasteiger partial charge in [-0.1, -0.05) is 19.1 Å². The molecule has 0 N–H and O–H groups in total. The summed E-state index contributed by atoms with van der Waals surface area (Å²) >= 11 is 0. The highest BCUT2D eigenvalue weighted by atomic mass is 19.1. The Morgan fingerprint density at radius 2 is 1.84 bits per heavy atom. The first-order chi connectivity index (χ1) is 9.06. The number of benzene rings is 1. The van der Waals surface area contributed by atoms with Gasteiger partial charge in [0, 0.05) is 12.5 Å². The van der Waals surface area contributed by atoms with Gasteiger partial charge in [-0.15, -0.1) is 5.10 Å². The summed E-state index contributed by atoms with van der Waals surface area (Å²) in [6.07, 6.45) is 0.801. The Balaban J connectivity index is 2.56. The maximum absolute atomic E-state index is 13.2. The van der Waals surface area contributed by atoms with E-state index in [-0.39, 0.29) is 17.2 Å². The van der Waals surface area contributed by atoms with Gasteiger partial charge in [0.15, 0.2) is 11.5 Å². The monoisotopic (exact) mass is 265 g/mol. The molecule has 100 valence electrons. The largest absolute Gasteiger partial charge is 0.292 e. The van der Waals surface area contributed by atoms with Crippen LogP contribution in [-0.4, -0.2) is 20.8 Å². The summed E-state index contributed by atoms with van der Waals surface area (Å²) in [5, 5.41) is 7.63. The minimum atomic E-state index is -0.698. The molecule has 0 spiro atoms. The summed E-state index contributed by atoms with van der Waals surface area (Å²) in [5.74, 6) is -1.54. The van der Waals surface area contributed by atoms with E-state index in [0.29, 0.717) is 18.5 Å². The van der Waals surface area contributed by atoms with Gasteiger partial charge in [-0.3, -0.25) is 4.79 Å². The molecule has 1 heterocycles. The number of carbonyl (C=O) groups is 1. The SMILES string of the molecule is CCC(=O)c1nnn(-c2cc(F)cc(F)c2)c1CC. The lowest BCUT2D eigenvalue weighted by Gasteiger charge is -2.06. The molecule has 1 aromatic carbocycles. The van der Waals surface area contributed by atoms with Crippen LogP contribution >= 0.6 is 0 Å². The quantitative estimate of drug-likeness (QED) is 0.798. The van der Waals surface area contributed by atoms with Crippen LogP contribution in [0.25, 0.3) is 5.69 Å². The van der Waals surface area contributed by atoms with Crippen LogP contribution in [0.5, 0.6) is 0 Å². The summed E-state index contributed by atoms with van der Waals surface area (Å²) in [6.45, 7) is 3.56. The number of hydrogen-bond donors (Lipinski definition) is 0. The van der Waals surface area contributed by atoms with Crippen LogP contribution in [0, 0.1) is 11.6 Å². The van der Waals surface area contributed by atoms with Crippen molar-refractivity contribution >= 4 is 5.78 Å². The molecule has 0 aliphatic heterocycles. The van der Waals surface area contributed by atoms with E-state index in [0.717, 1.165) is 18.2 Å². The van der Waals surface area contributed by atoms with E-state index in [2.05, 4.69) is 10.3 Å². The topological polar surface area (TPSA) is 47.8 Å². The summed E-state index contributed by atoms with van der Waals surface area (Å²) in [4.78, 5) is 11.7. The third-order valence-corrected chi connectivity index (χ3v) is 2.78. The lowest BCUT2D eigenvalue weighted by Crippen LogP contribution is -2.06. The molecule has 0 aliphatic rings. The number of rotatable bonds is 4. The van der Waals surface area contributed by atoms with Gasteiger partial charge in [-0.25, -0.2) is 13.5 Å². The lowest BCUT2D eigenvalue weighted by molar-refractivity contribution is 0.0982. The highest BCUT2D eigenvalue weighted by molar-refractivity contribution is 5.95. The van der Waals surface area contributed by atoms with E-state index < -0.39 is 11.6 Å². The second kappa shape index (κ2) is 5.26. The predicted octanol–water partition coefficient (Wildman–Crippen LogP) is 2.70. The minimum Gasteiger partial charge on any atom is -0.292 e. The van der Waals surface area contributed by atoms with Crippen LogP contribution in [-0.2, 0) is 6.42 Å². The van der Waals surface area contributed by atoms with Crippen LogP contribution in [0.4, 0.5) is 8.78 Å². The summed E-state index contributed by atoms with van der Waals surface area (Å²) in [7, 11) is 0. The zero-order valence-corrected chi connectivity index (χ0v) is 10.7. The van der Waals surface area contributed by atoms with Gasteiger partial charge in [0.25, 0.3) is 0 Å². The highest BCUT2D eigenvalue weighted by Crippen LogP contribution is 2.17. The zero-order valence-electron chi connectivity index (χ0n) is 10.7. The highest BCUT2D eigenvalue weighted by Gasteiger charge is 2.18. The second-order valence-corrected chi connectivity index (χ2v) is 4.05. The van der Waals surface area contributed by atoms with Crippen LogP contribution in [0.2, 0.25) is 0 Å². The van der Waals surface area contributed by atoms with Gasteiger partial charge < -0.3 is 0 Å². The summed E-state index contributed by atoms with van der Waals surface area (Å²) in [5.41, 5.74) is 1.03. The molecule has 0 fully saturated rings. The average molecular weight is 265 g/mol. The number of hydrogen-bond acceptors (Lipinski definition) is 3. The van der Waals surface area contributed by atoms with Crippen molar-refractivity contribution in [1.82, 2.24) is 15.0 Å². The van der Waals surface area contributed by atoms with Gasteiger partial charge >= 0.3 is 0 Å². The fourth-order valence-electron chi connectivity index (χ4n) is 1.87. The van der Waals surface area contributed by atoms with Crippen molar-refractivity contribution in [2.24, 2.45) is 0 Å². The molecule has 1 aromatic heterocycles. The van der Waals surface area contributed by atoms with E-state index in [1.54, 1.807) is 6.92 Å². The molecule has 0 unspecified atom stereocenters. The fourth-order valence-corrected chi connectivity index (χ4v) is 1.87. The molecule has 6 heteroatoms. The predicted molar refractivity (Wildman–Crippen MR) is 65.3 cm³/mol. The number of ketones is 1. The van der Waals surface area contributed by atoms with E-state index >= 15 is 0 Å². The molecular formula is C13H13F2N3O. The van der Waals surface area contributed by atoms with Gasteiger partial charge in [0.1, 0.15) is 11.6 Å². The van der Waals surface area contributed by atoms with Crippen LogP contribution in [0.1, 0.15) is 36.5 Å². The number of Topliss-reactive ketones (excluding diaryl/α,β-unsaturated/α-hetero) is 1. The Kier molecular flexibility index (Phi) is 3.69. The van der Waals surface area contributed by atoms with E-state index in [1.807, 2.05) is 6.92 Å². The molecule has 0 saturated carbocycles. The normalized spacial score (nSPS) is 10.7. The smallest absolute Gasteiger partial charge is 0.184 e. The Bertz CT molecular complexity index is 602. The molecule has 0 saturated heterocycles. The first kappa shape index (κ1) is 13.3. The van der Waals surface area contributed by atoms with Gasteiger partial charge in [-0.2, -0.15) is 0 Å². The van der Waals surface area contributed by atoms with E-state index in [4.69, 9.17) is 0 Å². The molecule has 4 nitrogen and oxygen atoms in total. The molecule has 2 rings (SSSR count). The van der Waals surface area contributed by atoms with Crippen molar-refractivity contribution in [1.29, 1.82) is 0 Å². The van der Waals surface area contributed by atoms with Gasteiger partial charge in [-0.05, 0) is 18.6 Å². The van der Waals surface area contributed by atoms with Crippen molar-refractivity contribution in [2.45, 2.75) is 26.7 Å². The van der Waals surface area contributed by atoms with Crippen LogP contribution < -0.4 is 0 Å². The van der Waals surface area contributed by atoms with Crippen LogP contribution in [0.15, 0.2) is 18.2 Å². The Morgan fingerprint density at radius 3 is 2.37 bits per heavy atom.